The van der Waals surface area contributed by atoms with E-state index in [1.807, 2.05) is 13.0 Å². The maximum absolute atomic E-state index is 13.8. The number of nitrogens with zero attached hydrogens (tertiary/aromatic N) is 2. The summed E-state index contributed by atoms with van der Waals surface area (Å²) in [5.74, 6) is -1.38. The Morgan fingerprint density at radius 3 is 2.61 bits per heavy atom. The normalized spacial score (nSPS) is 16.6. The first-order valence-electron chi connectivity index (χ1n) is 11.0. The lowest BCUT2D eigenvalue weighted by atomic mass is 9.83. The predicted octanol–water partition coefficient (Wildman–Crippen LogP) is 5.13. The first-order valence-corrected chi connectivity index (χ1v) is 11.0. The maximum Gasteiger partial charge on any atom is 0.356 e. The molecule has 0 aliphatic carbocycles. The summed E-state index contributed by atoms with van der Waals surface area (Å²) in [6.45, 7) is 9.76. The highest BCUT2D eigenvalue weighted by molar-refractivity contribution is 5.92. The average Bonchev–Trinajstić information content (AvgIpc) is 2.73. The third kappa shape index (κ3) is 4.69. The summed E-state index contributed by atoms with van der Waals surface area (Å²) in [5, 5.41) is 12.9. The topological polar surface area (TPSA) is 95.7 Å². The van der Waals surface area contributed by atoms with Gasteiger partial charge in [0.1, 0.15) is 11.4 Å². The molecule has 174 valence electrons. The Bertz CT molecular complexity index is 1270. The standard InChI is InChI=1S/C25H28FN3O4/c1-14-9-17(15(2)28-19-11-16(26)13-27-22(19)24(31)32)23-18(10-14)20(30)12-21(33-23)29-7-5-25(3,4)6-8-29/h9-13,15,28H,5-8H2,1-4H3,(H,31,32). The minimum Gasteiger partial charge on any atom is -0.476 e. The summed E-state index contributed by atoms with van der Waals surface area (Å²) in [6, 6.07) is 5.84. The largest absolute Gasteiger partial charge is 0.476 e. The van der Waals surface area contributed by atoms with E-state index in [0.717, 1.165) is 43.8 Å². The van der Waals surface area contributed by atoms with Gasteiger partial charge in [0, 0.05) is 30.8 Å². The molecule has 3 aromatic rings. The zero-order chi connectivity index (χ0) is 23.9. The van der Waals surface area contributed by atoms with Crippen LogP contribution in [0.3, 0.4) is 0 Å². The molecule has 1 fully saturated rings. The van der Waals surface area contributed by atoms with E-state index in [9.17, 15) is 19.1 Å². The van der Waals surface area contributed by atoms with Gasteiger partial charge in [-0.1, -0.05) is 19.9 Å². The lowest BCUT2D eigenvalue weighted by Gasteiger charge is -2.37. The van der Waals surface area contributed by atoms with Crippen LogP contribution in [-0.4, -0.2) is 29.1 Å². The van der Waals surface area contributed by atoms with E-state index in [4.69, 9.17) is 4.42 Å². The molecule has 3 heterocycles. The van der Waals surface area contributed by atoms with E-state index in [1.54, 1.807) is 19.1 Å². The molecule has 33 heavy (non-hydrogen) atoms. The number of benzene rings is 1. The van der Waals surface area contributed by atoms with Crippen molar-refractivity contribution in [3.8, 4) is 0 Å². The number of nitrogens with one attached hydrogen (secondary N) is 1. The van der Waals surface area contributed by atoms with Crippen LogP contribution in [0.15, 0.2) is 39.7 Å². The zero-order valence-electron chi connectivity index (χ0n) is 19.2. The number of aryl methyl sites for hydroxylation is 1. The number of carbonyl (C=O) groups is 1. The molecule has 0 spiro atoms. The van der Waals surface area contributed by atoms with Crippen LogP contribution in [0.1, 0.15) is 61.3 Å². The first-order chi connectivity index (χ1) is 15.5. The molecule has 1 atom stereocenters. The molecular weight excluding hydrogens is 425 g/mol. The number of hydrogen-bond acceptors (Lipinski definition) is 6. The highest BCUT2D eigenvalue weighted by Gasteiger charge is 2.27. The second-order valence-electron chi connectivity index (χ2n) is 9.55. The molecule has 1 aliphatic heterocycles. The molecule has 7 nitrogen and oxygen atoms in total. The molecule has 0 radical (unpaired) electrons. The Hall–Kier alpha value is -3.42. The highest BCUT2D eigenvalue weighted by atomic mass is 19.1. The van der Waals surface area contributed by atoms with Crippen LogP contribution >= 0.6 is 0 Å². The van der Waals surface area contributed by atoms with Gasteiger partial charge in [-0.25, -0.2) is 14.2 Å². The minimum absolute atomic E-state index is 0.0569. The average molecular weight is 454 g/mol. The van der Waals surface area contributed by atoms with Crippen LogP contribution < -0.4 is 15.6 Å². The number of carboxylic acid groups (broad SMARTS) is 1. The third-order valence-electron chi connectivity index (χ3n) is 6.31. The molecule has 8 heteroatoms. The number of halogens is 1. The van der Waals surface area contributed by atoms with Gasteiger partial charge in [0.2, 0.25) is 0 Å². The zero-order valence-corrected chi connectivity index (χ0v) is 19.2. The number of aromatic nitrogens is 1. The van der Waals surface area contributed by atoms with Gasteiger partial charge in [-0.15, -0.1) is 0 Å². The molecular formula is C25H28FN3O4. The number of hydrogen-bond donors (Lipinski definition) is 2. The monoisotopic (exact) mass is 453 g/mol. The third-order valence-corrected chi connectivity index (χ3v) is 6.31. The van der Waals surface area contributed by atoms with Crippen LogP contribution in [-0.2, 0) is 0 Å². The fraction of sp³-hybridized carbons (Fsp3) is 0.400. The van der Waals surface area contributed by atoms with E-state index < -0.39 is 17.8 Å². The fourth-order valence-electron chi connectivity index (χ4n) is 4.26. The van der Waals surface area contributed by atoms with Crippen molar-refractivity contribution in [3.05, 3.63) is 63.3 Å². The quantitative estimate of drug-likeness (QED) is 0.553. The summed E-state index contributed by atoms with van der Waals surface area (Å²) < 4.78 is 20.1. The molecule has 4 rings (SSSR count). The van der Waals surface area contributed by atoms with Gasteiger partial charge < -0.3 is 19.7 Å². The first kappa shape index (κ1) is 22.8. The number of carboxylic acids is 1. The SMILES string of the molecule is Cc1cc(C(C)Nc2cc(F)cnc2C(=O)O)c2oc(N3CCC(C)(C)CC3)cc(=O)c2c1. The lowest BCUT2D eigenvalue weighted by molar-refractivity contribution is 0.0691. The van der Waals surface area contributed by atoms with E-state index in [-0.39, 0.29) is 22.2 Å². The van der Waals surface area contributed by atoms with Gasteiger partial charge in [0.05, 0.1) is 23.3 Å². The molecule has 0 saturated carbocycles. The van der Waals surface area contributed by atoms with Crippen LogP contribution in [0, 0.1) is 18.2 Å². The molecule has 1 unspecified atom stereocenters. The van der Waals surface area contributed by atoms with Crippen LogP contribution in [0.4, 0.5) is 16.0 Å². The number of rotatable bonds is 5. The van der Waals surface area contributed by atoms with Crippen molar-refractivity contribution in [1.29, 1.82) is 0 Å². The van der Waals surface area contributed by atoms with Gasteiger partial charge in [-0.2, -0.15) is 0 Å². The lowest BCUT2D eigenvalue weighted by Crippen LogP contribution is -2.37. The van der Waals surface area contributed by atoms with Crippen molar-refractivity contribution in [2.45, 2.75) is 46.6 Å². The summed E-state index contributed by atoms with van der Waals surface area (Å²) >= 11 is 0. The van der Waals surface area contributed by atoms with E-state index in [1.165, 1.54) is 0 Å². The van der Waals surface area contributed by atoms with Crippen molar-refractivity contribution in [2.24, 2.45) is 5.41 Å². The highest BCUT2D eigenvalue weighted by Crippen LogP contribution is 2.34. The molecule has 2 N–H and O–H groups in total. The molecule has 1 aliphatic rings. The Morgan fingerprint density at radius 1 is 1.24 bits per heavy atom. The van der Waals surface area contributed by atoms with E-state index in [0.29, 0.717) is 22.4 Å². The van der Waals surface area contributed by atoms with Crippen LogP contribution in [0.2, 0.25) is 0 Å². The summed E-state index contributed by atoms with van der Waals surface area (Å²) in [4.78, 5) is 30.3. The van der Waals surface area contributed by atoms with Crippen molar-refractivity contribution in [3.63, 3.8) is 0 Å². The Morgan fingerprint density at radius 2 is 1.94 bits per heavy atom. The second-order valence-corrected chi connectivity index (χ2v) is 9.55. The number of aromatic carboxylic acids is 1. The van der Waals surface area contributed by atoms with Crippen molar-refractivity contribution in [2.75, 3.05) is 23.3 Å². The Labute approximate surface area is 191 Å². The fourth-order valence-corrected chi connectivity index (χ4v) is 4.26. The van der Waals surface area contributed by atoms with Crippen molar-refractivity contribution < 1.29 is 18.7 Å². The summed E-state index contributed by atoms with van der Waals surface area (Å²) in [7, 11) is 0. The molecule has 0 bridgehead atoms. The molecule has 1 saturated heterocycles. The Balaban J connectivity index is 1.76. The van der Waals surface area contributed by atoms with Gasteiger partial charge >= 0.3 is 5.97 Å². The minimum atomic E-state index is -1.26. The van der Waals surface area contributed by atoms with Gasteiger partial charge in [0.15, 0.2) is 17.0 Å². The molecule has 2 aromatic heterocycles. The van der Waals surface area contributed by atoms with E-state index >= 15 is 0 Å². The van der Waals surface area contributed by atoms with E-state index in [2.05, 4.69) is 29.0 Å². The van der Waals surface area contributed by atoms with Gasteiger partial charge in [0.25, 0.3) is 0 Å². The predicted molar refractivity (Wildman–Crippen MR) is 126 cm³/mol. The number of fused-ring (bicyclic) bond motifs is 1. The Kier molecular flexibility index (Phi) is 5.86. The summed E-state index contributed by atoms with van der Waals surface area (Å²) in [6.07, 6.45) is 2.86. The van der Waals surface area contributed by atoms with Crippen LogP contribution in [0.25, 0.3) is 11.0 Å². The number of piperidine rings is 1. The molecule has 1 aromatic carbocycles. The molecule has 0 amide bonds. The maximum atomic E-state index is 13.8. The second kappa shape index (κ2) is 8.50. The number of pyridine rings is 1. The van der Waals surface area contributed by atoms with Crippen molar-refractivity contribution >= 4 is 28.5 Å². The van der Waals surface area contributed by atoms with Gasteiger partial charge in [-0.05, 0) is 43.7 Å². The van der Waals surface area contributed by atoms with Crippen LogP contribution in [0.5, 0.6) is 0 Å². The summed E-state index contributed by atoms with van der Waals surface area (Å²) in [5.41, 5.74) is 1.89. The van der Waals surface area contributed by atoms with Crippen molar-refractivity contribution in [1.82, 2.24) is 4.98 Å². The number of anilines is 2. The van der Waals surface area contributed by atoms with Gasteiger partial charge in [-0.3, -0.25) is 4.79 Å². The smallest absolute Gasteiger partial charge is 0.356 e.